The van der Waals surface area contributed by atoms with Crippen molar-refractivity contribution in [3.8, 4) is 0 Å². The molecule has 7 nitrogen and oxygen atoms in total. The lowest BCUT2D eigenvalue weighted by atomic mass is 9.55. The summed E-state index contributed by atoms with van der Waals surface area (Å²) >= 11 is 9.38. The highest BCUT2D eigenvalue weighted by Crippen LogP contribution is 2.61. The summed E-state index contributed by atoms with van der Waals surface area (Å²) in [6.07, 6.45) is 0. The molecule has 3 aliphatic carbocycles. The van der Waals surface area contributed by atoms with E-state index in [0.29, 0.717) is 15.2 Å². The Morgan fingerprint density at radius 1 is 0.786 bits per heavy atom. The first-order valence-electron chi connectivity index (χ1n) is 13.4. The van der Waals surface area contributed by atoms with Gasteiger partial charge in [-0.3, -0.25) is 14.4 Å². The van der Waals surface area contributed by atoms with Crippen LogP contribution in [0.3, 0.4) is 0 Å². The first-order valence-corrected chi connectivity index (χ1v) is 14.6. The Labute approximate surface area is 254 Å². The number of esters is 1. The Balaban J connectivity index is 1.17. The number of benzene rings is 4. The number of anilines is 2. The maximum atomic E-state index is 14.1. The summed E-state index contributed by atoms with van der Waals surface area (Å²) < 4.78 is 6.00. The second-order valence-corrected chi connectivity index (χ2v) is 11.8. The number of rotatable bonds is 5. The number of ether oxygens (including phenoxy) is 1. The van der Waals surface area contributed by atoms with Crippen LogP contribution in [-0.2, 0) is 19.1 Å². The topological polar surface area (TPSA) is 92.8 Å². The third-order valence-corrected chi connectivity index (χ3v) is 9.58. The van der Waals surface area contributed by atoms with Crippen molar-refractivity contribution >= 4 is 62.6 Å². The molecular weight excluding hydrogens is 620 g/mol. The number of hydrogen-bond acceptors (Lipinski definition) is 5. The average molecular weight is 642 g/mol. The molecule has 0 spiro atoms. The van der Waals surface area contributed by atoms with Gasteiger partial charge in [-0.1, -0.05) is 72.3 Å². The van der Waals surface area contributed by atoms with Crippen LogP contribution in [-0.4, -0.2) is 30.3 Å². The minimum Gasteiger partial charge on any atom is -0.452 e. The van der Waals surface area contributed by atoms with Crippen molar-refractivity contribution in [1.82, 2.24) is 0 Å². The third-order valence-electron chi connectivity index (χ3n) is 8.35. The molecular formula is C33H22BrClN2O5. The number of hydrogen-bond donors (Lipinski definition) is 1. The largest absolute Gasteiger partial charge is 0.452 e. The van der Waals surface area contributed by atoms with Crippen molar-refractivity contribution in [1.29, 1.82) is 0 Å². The van der Waals surface area contributed by atoms with Crippen LogP contribution in [0, 0.1) is 11.8 Å². The minimum absolute atomic E-state index is 0.0275. The lowest BCUT2D eigenvalue weighted by molar-refractivity contribution is -0.122. The standard InChI is InChI=1S/C33H22BrClN2O5/c34-23-14-13-17(15-24(23)35)36-26(38)16-42-33(41)22-11-5-6-12-25(22)37-31(39)29-27-18-7-1-2-8-19(18)28(30(29)32(37)40)21-10-4-3-9-20(21)27/h1-15,27-30H,16H2,(H,36,38)/t27?,28?,29-,30-/m1/s1. The van der Waals surface area contributed by atoms with Crippen molar-refractivity contribution in [2.75, 3.05) is 16.8 Å². The fourth-order valence-corrected chi connectivity index (χ4v) is 7.16. The second kappa shape index (κ2) is 10.2. The highest BCUT2D eigenvalue weighted by atomic mass is 79.9. The Morgan fingerprint density at radius 3 is 1.86 bits per heavy atom. The molecule has 3 amide bonds. The number of carbonyl (C=O) groups is 4. The minimum atomic E-state index is -0.820. The van der Waals surface area contributed by atoms with Crippen LogP contribution < -0.4 is 10.2 Å². The molecule has 1 saturated heterocycles. The zero-order valence-electron chi connectivity index (χ0n) is 21.9. The average Bonchev–Trinajstić information content (AvgIpc) is 3.27. The van der Waals surface area contributed by atoms with Gasteiger partial charge in [-0.2, -0.15) is 0 Å². The zero-order chi connectivity index (χ0) is 29.1. The molecule has 0 aromatic heterocycles. The summed E-state index contributed by atoms with van der Waals surface area (Å²) in [5.41, 5.74) is 4.89. The molecule has 1 fully saturated rings. The van der Waals surface area contributed by atoms with Gasteiger partial charge >= 0.3 is 5.97 Å². The molecule has 8 rings (SSSR count). The lowest BCUT2D eigenvalue weighted by Gasteiger charge is -2.45. The van der Waals surface area contributed by atoms with Gasteiger partial charge in [-0.25, -0.2) is 9.69 Å². The quantitative estimate of drug-likeness (QED) is 0.204. The Morgan fingerprint density at radius 2 is 1.31 bits per heavy atom. The number of para-hydroxylation sites is 1. The molecule has 0 radical (unpaired) electrons. The Kier molecular flexibility index (Phi) is 6.48. The van der Waals surface area contributed by atoms with Gasteiger partial charge in [-0.15, -0.1) is 0 Å². The lowest BCUT2D eigenvalue weighted by Crippen LogP contribution is -2.41. The predicted molar refractivity (Wildman–Crippen MR) is 161 cm³/mol. The number of amides is 3. The van der Waals surface area contributed by atoms with Gasteiger partial charge in [0.15, 0.2) is 6.61 Å². The molecule has 2 atom stereocenters. The van der Waals surface area contributed by atoms with E-state index in [-0.39, 0.29) is 34.9 Å². The normalized spacial score (nSPS) is 21.4. The van der Waals surface area contributed by atoms with Crippen molar-refractivity contribution in [3.63, 3.8) is 0 Å². The molecule has 1 N–H and O–H groups in total. The molecule has 4 aliphatic rings. The maximum absolute atomic E-state index is 14.1. The summed E-state index contributed by atoms with van der Waals surface area (Å²) in [7, 11) is 0. The third kappa shape index (κ3) is 4.08. The molecule has 42 heavy (non-hydrogen) atoms. The first-order chi connectivity index (χ1) is 20.3. The van der Waals surface area contributed by atoms with Gasteiger partial charge in [0.25, 0.3) is 5.91 Å². The summed E-state index contributed by atoms with van der Waals surface area (Å²) in [5.74, 6) is -3.75. The van der Waals surface area contributed by atoms with E-state index in [4.69, 9.17) is 16.3 Å². The molecule has 9 heteroatoms. The molecule has 1 aliphatic heterocycles. The van der Waals surface area contributed by atoms with Crippen LogP contribution in [0.15, 0.2) is 95.5 Å². The summed E-state index contributed by atoms with van der Waals surface area (Å²) in [6, 6.07) is 27.2. The summed E-state index contributed by atoms with van der Waals surface area (Å²) in [4.78, 5) is 55.1. The van der Waals surface area contributed by atoms with E-state index in [2.05, 4.69) is 21.2 Å². The summed E-state index contributed by atoms with van der Waals surface area (Å²) in [6.45, 7) is -0.567. The highest BCUT2D eigenvalue weighted by Gasteiger charge is 2.62. The smallest absolute Gasteiger partial charge is 0.340 e. The van der Waals surface area contributed by atoms with Crippen LogP contribution in [0.4, 0.5) is 11.4 Å². The Hall–Kier alpha value is -4.27. The number of nitrogens with zero attached hydrogens (tertiary/aromatic N) is 1. The maximum Gasteiger partial charge on any atom is 0.340 e. The van der Waals surface area contributed by atoms with Crippen molar-refractivity contribution < 1.29 is 23.9 Å². The van der Waals surface area contributed by atoms with E-state index < -0.39 is 30.3 Å². The van der Waals surface area contributed by atoms with Crippen LogP contribution in [0.1, 0.15) is 44.4 Å². The second-order valence-electron chi connectivity index (χ2n) is 10.5. The fourth-order valence-electron chi connectivity index (χ4n) is 6.74. The molecule has 4 aromatic rings. The number of nitrogens with one attached hydrogen (secondary N) is 1. The van der Waals surface area contributed by atoms with Crippen molar-refractivity contribution in [3.05, 3.63) is 128 Å². The fraction of sp³-hybridized carbons (Fsp3) is 0.152. The molecule has 0 saturated carbocycles. The van der Waals surface area contributed by atoms with Crippen LogP contribution >= 0.6 is 27.5 Å². The van der Waals surface area contributed by atoms with Crippen molar-refractivity contribution in [2.45, 2.75) is 11.8 Å². The first kappa shape index (κ1) is 26.6. The molecule has 4 aromatic carbocycles. The van der Waals surface area contributed by atoms with Crippen molar-refractivity contribution in [2.24, 2.45) is 11.8 Å². The van der Waals surface area contributed by atoms with E-state index in [9.17, 15) is 19.2 Å². The monoisotopic (exact) mass is 640 g/mol. The van der Waals surface area contributed by atoms with E-state index >= 15 is 0 Å². The Bertz CT molecular complexity index is 1710. The molecule has 1 heterocycles. The van der Waals surface area contributed by atoms with E-state index in [1.807, 2.05) is 48.5 Å². The van der Waals surface area contributed by atoms with Crippen LogP contribution in [0.2, 0.25) is 5.02 Å². The number of halogens is 2. The van der Waals surface area contributed by atoms with Gasteiger partial charge < -0.3 is 10.1 Å². The molecule has 2 bridgehead atoms. The SMILES string of the molecule is O=C(COC(=O)c1ccccc1N1C(=O)[C@@H]2C3c4ccccc4C(c4ccccc43)[C@H]2C1=O)Nc1ccc(Br)c(Cl)c1. The molecule has 0 unspecified atom stereocenters. The van der Waals surface area contributed by atoms with Gasteiger partial charge in [0.05, 0.1) is 28.1 Å². The zero-order valence-corrected chi connectivity index (χ0v) is 24.3. The highest BCUT2D eigenvalue weighted by molar-refractivity contribution is 9.10. The van der Waals surface area contributed by atoms with Crippen LogP contribution in [0.25, 0.3) is 0 Å². The number of imide groups is 1. The molecule has 208 valence electrons. The van der Waals surface area contributed by atoms with E-state index in [0.717, 1.165) is 27.2 Å². The van der Waals surface area contributed by atoms with Crippen LogP contribution in [0.5, 0.6) is 0 Å². The van der Waals surface area contributed by atoms with E-state index in [1.54, 1.807) is 36.4 Å². The summed E-state index contributed by atoms with van der Waals surface area (Å²) in [5, 5.41) is 3.04. The van der Waals surface area contributed by atoms with Gasteiger partial charge in [0.1, 0.15) is 0 Å². The van der Waals surface area contributed by atoms with Gasteiger partial charge in [0, 0.05) is 22.0 Å². The predicted octanol–water partition coefficient (Wildman–Crippen LogP) is 6.29. The number of carbonyl (C=O) groups excluding carboxylic acids is 4. The van der Waals surface area contributed by atoms with Gasteiger partial charge in [-0.05, 0) is 68.5 Å². The van der Waals surface area contributed by atoms with Gasteiger partial charge in [0.2, 0.25) is 11.8 Å². The van der Waals surface area contributed by atoms with E-state index in [1.165, 1.54) is 6.07 Å².